The molecule has 0 saturated heterocycles. The third-order valence-corrected chi connectivity index (χ3v) is 3.52. The Kier molecular flexibility index (Phi) is 3.62. The lowest BCUT2D eigenvalue weighted by atomic mass is 10.1. The van der Waals surface area contributed by atoms with Crippen LogP contribution in [0.1, 0.15) is 5.56 Å². The second kappa shape index (κ2) is 5.58. The number of nitrogens with two attached hydrogens (primary N) is 1. The highest BCUT2D eigenvalue weighted by atomic mass is 35.5. The van der Waals surface area contributed by atoms with Gasteiger partial charge in [0.2, 0.25) is 0 Å². The molecule has 0 radical (unpaired) electrons. The summed E-state index contributed by atoms with van der Waals surface area (Å²) in [7, 11) is 0. The fraction of sp³-hybridized carbons (Fsp3) is 0.0625. The first-order valence-electron chi connectivity index (χ1n) is 6.45. The first-order chi connectivity index (χ1) is 10.1. The van der Waals surface area contributed by atoms with Crippen LogP contribution in [0.2, 0.25) is 5.02 Å². The van der Waals surface area contributed by atoms with Crippen molar-refractivity contribution in [2.24, 2.45) is 0 Å². The molecule has 5 heteroatoms. The average Bonchev–Trinajstić information content (AvgIpc) is 2.92. The molecule has 2 N–H and O–H groups in total. The van der Waals surface area contributed by atoms with Crippen molar-refractivity contribution in [1.82, 2.24) is 9.55 Å². The molecule has 3 nitrogen and oxygen atoms in total. The van der Waals surface area contributed by atoms with Crippen LogP contribution < -0.4 is 5.73 Å². The summed E-state index contributed by atoms with van der Waals surface area (Å²) in [6.07, 6.45) is 3.49. The molecular weight excluding hydrogens is 289 g/mol. The monoisotopic (exact) mass is 301 g/mol. The van der Waals surface area contributed by atoms with Gasteiger partial charge in [-0.2, -0.15) is 0 Å². The number of anilines is 1. The molecule has 106 valence electrons. The topological polar surface area (TPSA) is 43.8 Å². The predicted octanol–water partition coefficient (Wildman–Crippen LogP) is 3.97. The van der Waals surface area contributed by atoms with E-state index >= 15 is 0 Å². The van der Waals surface area contributed by atoms with Crippen molar-refractivity contribution < 1.29 is 4.39 Å². The van der Waals surface area contributed by atoms with E-state index in [-0.39, 0.29) is 5.02 Å². The minimum Gasteiger partial charge on any atom is -0.399 e. The van der Waals surface area contributed by atoms with Gasteiger partial charge in [-0.1, -0.05) is 35.9 Å². The molecule has 0 unspecified atom stereocenters. The molecule has 0 saturated carbocycles. The van der Waals surface area contributed by atoms with Gasteiger partial charge in [0.15, 0.2) is 0 Å². The van der Waals surface area contributed by atoms with Crippen LogP contribution in [0.5, 0.6) is 0 Å². The first kappa shape index (κ1) is 13.6. The number of rotatable bonds is 3. The quantitative estimate of drug-likeness (QED) is 0.744. The molecule has 21 heavy (non-hydrogen) atoms. The normalized spacial score (nSPS) is 10.8. The van der Waals surface area contributed by atoms with E-state index in [1.807, 2.05) is 28.8 Å². The smallest absolute Gasteiger partial charge is 0.146 e. The van der Waals surface area contributed by atoms with E-state index in [0.717, 1.165) is 11.4 Å². The van der Waals surface area contributed by atoms with Crippen molar-refractivity contribution in [3.63, 3.8) is 0 Å². The fourth-order valence-electron chi connectivity index (χ4n) is 2.23. The first-order valence-corrected chi connectivity index (χ1v) is 6.83. The van der Waals surface area contributed by atoms with E-state index in [1.165, 1.54) is 6.07 Å². The third kappa shape index (κ3) is 2.76. The van der Waals surface area contributed by atoms with Crippen molar-refractivity contribution in [1.29, 1.82) is 0 Å². The van der Waals surface area contributed by atoms with Crippen LogP contribution in [0.4, 0.5) is 10.1 Å². The van der Waals surface area contributed by atoms with Crippen LogP contribution >= 0.6 is 11.6 Å². The van der Waals surface area contributed by atoms with Gasteiger partial charge in [0, 0.05) is 29.2 Å². The zero-order chi connectivity index (χ0) is 14.8. The SMILES string of the molecule is Nc1cccc(-c2nccn2Cc2cccc(Cl)c2F)c1. The second-order valence-corrected chi connectivity index (χ2v) is 5.12. The van der Waals surface area contributed by atoms with Crippen LogP contribution in [0, 0.1) is 5.82 Å². The molecule has 3 rings (SSSR count). The van der Waals surface area contributed by atoms with Gasteiger partial charge in [0.1, 0.15) is 11.6 Å². The molecule has 0 aliphatic rings. The maximum atomic E-state index is 14.0. The Labute approximate surface area is 126 Å². The maximum absolute atomic E-state index is 14.0. The van der Waals surface area contributed by atoms with Gasteiger partial charge >= 0.3 is 0 Å². The zero-order valence-electron chi connectivity index (χ0n) is 11.1. The van der Waals surface area contributed by atoms with Gasteiger partial charge in [-0.3, -0.25) is 0 Å². The summed E-state index contributed by atoms with van der Waals surface area (Å²) in [5, 5.41) is 0.123. The Hall–Kier alpha value is -2.33. The zero-order valence-corrected chi connectivity index (χ0v) is 11.9. The largest absolute Gasteiger partial charge is 0.399 e. The number of imidazole rings is 1. The summed E-state index contributed by atoms with van der Waals surface area (Å²) in [4.78, 5) is 4.33. The van der Waals surface area contributed by atoms with E-state index in [9.17, 15) is 4.39 Å². The fourth-order valence-corrected chi connectivity index (χ4v) is 2.42. The molecule has 0 aliphatic heterocycles. The van der Waals surface area contributed by atoms with E-state index in [4.69, 9.17) is 17.3 Å². The molecule has 1 aromatic heterocycles. The third-order valence-electron chi connectivity index (χ3n) is 3.23. The summed E-state index contributed by atoms with van der Waals surface area (Å²) in [5.41, 5.74) is 7.87. The molecule has 0 aliphatic carbocycles. The van der Waals surface area contributed by atoms with Crippen molar-refractivity contribution in [3.05, 3.63) is 71.3 Å². The van der Waals surface area contributed by atoms with Crippen molar-refractivity contribution >= 4 is 17.3 Å². The molecule has 3 aromatic rings. The molecular formula is C16H13ClFN3. The van der Waals surface area contributed by atoms with Gasteiger partial charge in [-0.05, 0) is 18.2 Å². The second-order valence-electron chi connectivity index (χ2n) is 4.72. The summed E-state index contributed by atoms with van der Waals surface area (Å²) in [5.74, 6) is 0.341. The maximum Gasteiger partial charge on any atom is 0.146 e. The van der Waals surface area contributed by atoms with Crippen molar-refractivity contribution in [3.8, 4) is 11.4 Å². The number of benzene rings is 2. The summed E-state index contributed by atoms with van der Waals surface area (Å²) in [6.45, 7) is 0.358. The van der Waals surface area contributed by atoms with E-state index in [1.54, 1.807) is 24.5 Å². The van der Waals surface area contributed by atoms with Crippen LogP contribution in [0.15, 0.2) is 54.9 Å². The lowest BCUT2D eigenvalue weighted by molar-refractivity contribution is 0.600. The lowest BCUT2D eigenvalue weighted by Gasteiger charge is -2.10. The number of nitrogens with zero attached hydrogens (tertiary/aromatic N) is 2. The minimum atomic E-state index is -0.397. The minimum absolute atomic E-state index is 0.123. The van der Waals surface area contributed by atoms with Gasteiger partial charge < -0.3 is 10.3 Å². The number of halogens is 2. The summed E-state index contributed by atoms with van der Waals surface area (Å²) < 4.78 is 15.9. The van der Waals surface area contributed by atoms with Gasteiger partial charge in [0.25, 0.3) is 0 Å². The van der Waals surface area contributed by atoms with Crippen LogP contribution in [0.3, 0.4) is 0 Å². The highest BCUT2D eigenvalue weighted by Crippen LogP contribution is 2.23. The van der Waals surface area contributed by atoms with E-state index in [0.29, 0.717) is 17.8 Å². The Balaban J connectivity index is 1.98. The lowest BCUT2D eigenvalue weighted by Crippen LogP contribution is -2.03. The predicted molar refractivity (Wildman–Crippen MR) is 82.6 cm³/mol. The number of hydrogen-bond acceptors (Lipinski definition) is 2. The number of hydrogen-bond donors (Lipinski definition) is 1. The Morgan fingerprint density at radius 3 is 2.81 bits per heavy atom. The molecule has 1 heterocycles. The van der Waals surface area contributed by atoms with Gasteiger partial charge in [0.05, 0.1) is 11.6 Å². The van der Waals surface area contributed by atoms with Crippen LogP contribution in [-0.2, 0) is 6.54 Å². The molecule has 2 aromatic carbocycles. The molecule has 0 atom stereocenters. The van der Waals surface area contributed by atoms with E-state index < -0.39 is 5.82 Å². The summed E-state index contributed by atoms with van der Waals surface area (Å²) in [6, 6.07) is 12.4. The average molecular weight is 302 g/mol. The Bertz CT molecular complexity index is 783. The number of aromatic nitrogens is 2. The van der Waals surface area contributed by atoms with E-state index in [2.05, 4.69) is 4.98 Å². The molecule has 0 bridgehead atoms. The summed E-state index contributed by atoms with van der Waals surface area (Å²) >= 11 is 5.82. The van der Waals surface area contributed by atoms with Crippen molar-refractivity contribution in [2.75, 3.05) is 5.73 Å². The number of nitrogen functional groups attached to an aromatic ring is 1. The molecule has 0 amide bonds. The molecule has 0 spiro atoms. The molecule has 0 fully saturated rings. The van der Waals surface area contributed by atoms with Gasteiger partial charge in [-0.15, -0.1) is 0 Å². The Morgan fingerprint density at radius 1 is 1.19 bits per heavy atom. The Morgan fingerprint density at radius 2 is 2.00 bits per heavy atom. The highest BCUT2D eigenvalue weighted by molar-refractivity contribution is 6.30. The van der Waals surface area contributed by atoms with Crippen molar-refractivity contribution in [2.45, 2.75) is 6.54 Å². The van der Waals surface area contributed by atoms with Crippen LogP contribution in [-0.4, -0.2) is 9.55 Å². The highest BCUT2D eigenvalue weighted by Gasteiger charge is 2.10. The van der Waals surface area contributed by atoms with Gasteiger partial charge in [-0.25, -0.2) is 9.37 Å². The standard InChI is InChI=1S/C16H13ClFN3/c17-14-6-2-4-12(15(14)18)10-21-8-7-20-16(21)11-3-1-5-13(19)9-11/h1-9H,10,19H2. The van der Waals surface area contributed by atoms with Crippen LogP contribution in [0.25, 0.3) is 11.4 Å².